The summed E-state index contributed by atoms with van der Waals surface area (Å²) >= 11 is 0. The molecule has 1 atom stereocenters. The molecule has 1 aromatic heterocycles. The average Bonchev–Trinajstić information content (AvgIpc) is 3.00. The topological polar surface area (TPSA) is 99.9 Å². The van der Waals surface area contributed by atoms with Crippen molar-refractivity contribution in [1.29, 1.82) is 0 Å². The number of nitrogens with zero attached hydrogens (tertiary/aromatic N) is 3. The fourth-order valence-electron chi connectivity index (χ4n) is 2.92. The number of carboxylic acids is 1. The summed E-state index contributed by atoms with van der Waals surface area (Å²) in [4.78, 5) is 49.7. The van der Waals surface area contributed by atoms with E-state index in [1.54, 1.807) is 42.0 Å². The molecule has 4 amide bonds. The van der Waals surface area contributed by atoms with Gasteiger partial charge >= 0.3 is 12.0 Å². The number of carbonyl (C=O) groups is 4. The molecule has 1 aliphatic heterocycles. The van der Waals surface area contributed by atoms with Crippen molar-refractivity contribution in [1.82, 2.24) is 14.4 Å². The normalized spacial score (nSPS) is 16.4. The van der Waals surface area contributed by atoms with E-state index < -0.39 is 29.9 Å². The van der Waals surface area contributed by atoms with Gasteiger partial charge in [0.05, 0.1) is 0 Å². The number of hydrogen-bond donors (Lipinski definition) is 1. The summed E-state index contributed by atoms with van der Waals surface area (Å²) in [6.45, 7) is 1.54. The van der Waals surface area contributed by atoms with E-state index in [0.717, 1.165) is 9.80 Å². The van der Waals surface area contributed by atoms with Crippen LogP contribution in [0.15, 0.2) is 36.0 Å². The molecule has 0 saturated carbocycles. The second-order valence-electron chi connectivity index (χ2n) is 6.09. The molecule has 134 valence electrons. The largest absolute Gasteiger partial charge is 0.480 e. The van der Waals surface area contributed by atoms with E-state index in [1.807, 2.05) is 0 Å². The Bertz CT molecular complexity index is 962. The number of aliphatic carboxylic acids is 1. The molecule has 26 heavy (non-hydrogen) atoms. The maximum atomic E-state index is 12.4. The Labute approximate surface area is 148 Å². The first-order valence-corrected chi connectivity index (χ1v) is 7.88. The summed E-state index contributed by atoms with van der Waals surface area (Å²) in [5, 5.41) is 10.0. The highest BCUT2D eigenvalue weighted by Gasteiger charge is 2.38. The van der Waals surface area contributed by atoms with Crippen LogP contribution in [0.3, 0.4) is 0 Å². The van der Waals surface area contributed by atoms with Crippen LogP contribution in [-0.2, 0) is 14.4 Å². The average molecular weight is 355 g/mol. The van der Waals surface area contributed by atoms with Gasteiger partial charge in [-0.15, -0.1) is 0 Å². The Morgan fingerprint density at radius 2 is 1.65 bits per heavy atom. The maximum absolute atomic E-state index is 12.4. The third kappa shape index (κ3) is 2.55. The monoisotopic (exact) mass is 355 g/mol. The lowest BCUT2D eigenvalue weighted by molar-refractivity contribution is -0.140. The van der Waals surface area contributed by atoms with Crippen LogP contribution in [0.2, 0.25) is 0 Å². The van der Waals surface area contributed by atoms with Crippen LogP contribution in [0.1, 0.15) is 18.5 Å². The van der Waals surface area contributed by atoms with Gasteiger partial charge in [0.15, 0.2) is 0 Å². The molecule has 8 heteroatoms. The van der Waals surface area contributed by atoms with Crippen molar-refractivity contribution in [3.8, 4) is 0 Å². The summed E-state index contributed by atoms with van der Waals surface area (Å²) in [5.41, 5.74) is 1.05. The third-order valence-electron chi connectivity index (χ3n) is 4.49. The molecule has 1 saturated heterocycles. The van der Waals surface area contributed by atoms with Crippen molar-refractivity contribution in [3.05, 3.63) is 41.6 Å². The van der Waals surface area contributed by atoms with Crippen molar-refractivity contribution < 1.29 is 24.3 Å². The minimum atomic E-state index is -1.00. The molecule has 0 radical (unpaired) electrons. The lowest BCUT2D eigenvalue weighted by atomic mass is 10.1. The number of imide groups is 2. The predicted octanol–water partition coefficient (Wildman–Crippen LogP) is 1.72. The van der Waals surface area contributed by atoms with Crippen molar-refractivity contribution in [3.63, 3.8) is 0 Å². The highest BCUT2D eigenvalue weighted by molar-refractivity contribution is 6.31. The molecule has 8 nitrogen and oxygen atoms in total. The van der Waals surface area contributed by atoms with Crippen LogP contribution < -0.4 is 0 Å². The third-order valence-corrected chi connectivity index (χ3v) is 4.49. The number of carboxylic acid groups (broad SMARTS) is 1. The Morgan fingerprint density at radius 1 is 1.08 bits per heavy atom. The first-order valence-electron chi connectivity index (χ1n) is 7.88. The van der Waals surface area contributed by atoms with Gasteiger partial charge in [0.1, 0.15) is 11.6 Å². The summed E-state index contributed by atoms with van der Waals surface area (Å²) in [5.74, 6) is -2.39. The van der Waals surface area contributed by atoms with Gasteiger partial charge in [0, 0.05) is 36.8 Å². The Morgan fingerprint density at radius 3 is 2.23 bits per heavy atom. The van der Waals surface area contributed by atoms with Gasteiger partial charge in [-0.1, -0.05) is 18.2 Å². The van der Waals surface area contributed by atoms with Crippen molar-refractivity contribution in [2.75, 3.05) is 14.1 Å². The Balaban J connectivity index is 2.18. The minimum absolute atomic E-state index is 0.152. The van der Waals surface area contributed by atoms with Crippen LogP contribution >= 0.6 is 0 Å². The molecule has 1 fully saturated rings. The molecular formula is C18H17N3O5. The highest BCUT2D eigenvalue weighted by Crippen LogP contribution is 2.28. The van der Waals surface area contributed by atoms with Gasteiger partial charge < -0.3 is 9.67 Å². The first kappa shape index (κ1) is 17.4. The molecule has 1 aliphatic rings. The summed E-state index contributed by atoms with van der Waals surface area (Å²) in [6, 6.07) is 5.59. The zero-order valence-corrected chi connectivity index (χ0v) is 14.5. The summed E-state index contributed by atoms with van der Waals surface area (Å²) in [7, 11) is 2.61. The predicted molar refractivity (Wildman–Crippen MR) is 93.2 cm³/mol. The second kappa shape index (κ2) is 6.14. The fourth-order valence-corrected chi connectivity index (χ4v) is 2.92. The SMILES string of the molecule is C[C@H](C(=O)O)n1cc(C=C2C(=O)N(C)C(=O)N(C)C2=O)c2ccccc21. The quantitative estimate of drug-likeness (QED) is 0.667. The number of aromatic nitrogens is 1. The molecular weight excluding hydrogens is 338 g/mol. The number of urea groups is 1. The number of carbonyl (C=O) groups excluding carboxylic acids is 3. The van der Waals surface area contributed by atoms with Gasteiger partial charge in [-0.05, 0) is 19.1 Å². The van der Waals surface area contributed by atoms with Crippen molar-refractivity contribution in [2.24, 2.45) is 0 Å². The van der Waals surface area contributed by atoms with E-state index in [4.69, 9.17) is 0 Å². The van der Waals surface area contributed by atoms with E-state index in [-0.39, 0.29) is 5.57 Å². The van der Waals surface area contributed by atoms with Crippen molar-refractivity contribution in [2.45, 2.75) is 13.0 Å². The summed E-state index contributed by atoms with van der Waals surface area (Å²) < 4.78 is 1.57. The zero-order chi connectivity index (χ0) is 19.2. The Kier molecular flexibility index (Phi) is 4.11. The van der Waals surface area contributed by atoms with Crippen LogP contribution in [-0.4, -0.2) is 57.4 Å². The number of benzene rings is 1. The number of likely N-dealkylation sites (N-methyl/N-ethyl adjacent to an activating group) is 2. The van der Waals surface area contributed by atoms with E-state index in [2.05, 4.69) is 0 Å². The van der Waals surface area contributed by atoms with Gasteiger partial charge in [-0.2, -0.15) is 0 Å². The van der Waals surface area contributed by atoms with Crippen LogP contribution in [0.25, 0.3) is 17.0 Å². The van der Waals surface area contributed by atoms with Gasteiger partial charge in [0.25, 0.3) is 11.8 Å². The Hall–Kier alpha value is -3.42. The molecule has 3 rings (SSSR count). The molecule has 0 bridgehead atoms. The first-order chi connectivity index (χ1) is 12.2. The molecule has 2 aromatic rings. The maximum Gasteiger partial charge on any atom is 0.333 e. The van der Waals surface area contributed by atoms with Gasteiger partial charge in [0.2, 0.25) is 0 Å². The minimum Gasteiger partial charge on any atom is -0.480 e. The van der Waals surface area contributed by atoms with Crippen LogP contribution in [0, 0.1) is 0 Å². The molecule has 1 aromatic carbocycles. The fraction of sp³-hybridized carbons (Fsp3) is 0.222. The van der Waals surface area contributed by atoms with E-state index in [0.29, 0.717) is 16.5 Å². The molecule has 2 heterocycles. The van der Waals surface area contributed by atoms with Crippen LogP contribution in [0.4, 0.5) is 4.79 Å². The molecule has 0 spiro atoms. The summed E-state index contributed by atoms with van der Waals surface area (Å²) in [6.07, 6.45) is 2.99. The number of amides is 4. The van der Waals surface area contributed by atoms with Crippen LogP contribution in [0.5, 0.6) is 0 Å². The lowest BCUT2D eigenvalue weighted by Gasteiger charge is -2.28. The smallest absolute Gasteiger partial charge is 0.333 e. The molecule has 0 aliphatic carbocycles. The molecule has 0 unspecified atom stereocenters. The number of rotatable bonds is 3. The van der Waals surface area contributed by atoms with E-state index in [1.165, 1.54) is 20.2 Å². The van der Waals surface area contributed by atoms with E-state index in [9.17, 15) is 24.3 Å². The lowest BCUT2D eigenvalue weighted by Crippen LogP contribution is -2.52. The number of barbiturate groups is 1. The highest BCUT2D eigenvalue weighted by atomic mass is 16.4. The van der Waals surface area contributed by atoms with Gasteiger partial charge in [-0.3, -0.25) is 19.4 Å². The molecule has 1 N–H and O–H groups in total. The number of para-hydroxylation sites is 1. The van der Waals surface area contributed by atoms with Crippen molar-refractivity contribution >= 4 is 40.8 Å². The number of hydrogen-bond acceptors (Lipinski definition) is 4. The van der Waals surface area contributed by atoms with E-state index >= 15 is 0 Å². The second-order valence-corrected chi connectivity index (χ2v) is 6.09. The zero-order valence-electron chi connectivity index (χ0n) is 14.5. The standard InChI is InChI=1S/C18H17N3O5/c1-10(17(24)25)21-9-11(12-6-4-5-7-14(12)21)8-13-15(22)19(2)18(26)20(3)16(13)23/h4-10H,1-3H3,(H,24,25)/t10-/m1/s1. The number of fused-ring (bicyclic) bond motifs is 1. The van der Waals surface area contributed by atoms with Gasteiger partial charge in [-0.25, -0.2) is 9.59 Å².